The van der Waals surface area contributed by atoms with Crippen LogP contribution in [0.5, 0.6) is 0 Å². The van der Waals surface area contributed by atoms with Gasteiger partial charge in [0.05, 0.1) is 11.4 Å². The van der Waals surface area contributed by atoms with Crippen LogP contribution in [0.4, 0.5) is 11.4 Å². The molecule has 0 bridgehead atoms. The number of aliphatic imine (C=N–C) groups is 2. The SMILES string of the molecule is Clc1ccc(C=Nc2ccc(-c3ccc(N=Cc4ccc(Cl)cc4)cc3)cc2)cc1. The first-order chi connectivity index (χ1) is 14.7. The molecule has 0 saturated heterocycles. The lowest BCUT2D eigenvalue weighted by Crippen LogP contribution is -1.80. The number of hydrogen-bond donors (Lipinski definition) is 0. The molecule has 0 aliphatic rings. The maximum absolute atomic E-state index is 5.91. The summed E-state index contributed by atoms with van der Waals surface area (Å²) in [6.45, 7) is 0. The van der Waals surface area contributed by atoms with Gasteiger partial charge in [-0.1, -0.05) is 71.7 Å². The van der Waals surface area contributed by atoms with E-state index < -0.39 is 0 Å². The van der Waals surface area contributed by atoms with Crippen LogP contribution in [0.1, 0.15) is 11.1 Å². The van der Waals surface area contributed by atoms with Gasteiger partial charge in [-0.05, 0) is 70.8 Å². The molecule has 4 aromatic rings. The highest BCUT2D eigenvalue weighted by molar-refractivity contribution is 6.30. The molecule has 0 radical (unpaired) electrons. The molecular formula is C26H18Cl2N2. The van der Waals surface area contributed by atoms with Crippen molar-refractivity contribution < 1.29 is 0 Å². The van der Waals surface area contributed by atoms with Crippen LogP contribution in [0.2, 0.25) is 10.0 Å². The molecule has 4 heteroatoms. The average Bonchev–Trinajstić information content (AvgIpc) is 2.79. The van der Waals surface area contributed by atoms with Crippen LogP contribution < -0.4 is 0 Å². The van der Waals surface area contributed by atoms with Gasteiger partial charge in [-0.2, -0.15) is 0 Å². The molecule has 0 N–H and O–H groups in total. The van der Waals surface area contributed by atoms with E-state index in [9.17, 15) is 0 Å². The summed E-state index contributed by atoms with van der Waals surface area (Å²) in [5.74, 6) is 0. The van der Waals surface area contributed by atoms with E-state index >= 15 is 0 Å². The molecule has 0 heterocycles. The molecule has 0 unspecified atom stereocenters. The molecular weight excluding hydrogens is 411 g/mol. The zero-order chi connectivity index (χ0) is 20.8. The van der Waals surface area contributed by atoms with Crippen molar-refractivity contribution in [3.8, 4) is 11.1 Å². The lowest BCUT2D eigenvalue weighted by Gasteiger charge is -2.03. The Morgan fingerprint density at radius 1 is 0.433 bits per heavy atom. The van der Waals surface area contributed by atoms with E-state index in [1.54, 1.807) is 0 Å². The molecule has 4 rings (SSSR count). The standard InChI is InChI=1S/C26H18Cl2N2/c27-23-9-1-19(2-10-23)17-29-25-13-5-21(6-14-25)22-7-15-26(16-8-22)30-18-20-3-11-24(28)12-4-20/h1-18H. The Kier molecular flexibility index (Phi) is 6.38. The summed E-state index contributed by atoms with van der Waals surface area (Å²) < 4.78 is 0. The zero-order valence-electron chi connectivity index (χ0n) is 16.0. The molecule has 0 fully saturated rings. The van der Waals surface area contributed by atoms with Crippen molar-refractivity contribution in [2.75, 3.05) is 0 Å². The number of nitrogens with zero attached hydrogens (tertiary/aromatic N) is 2. The second-order valence-corrected chi connectivity index (χ2v) is 7.59. The Hall–Kier alpha value is -3.20. The van der Waals surface area contributed by atoms with Crippen molar-refractivity contribution in [2.45, 2.75) is 0 Å². The molecule has 0 saturated carbocycles. The highest BCUT2D eigenvalue weighted by Gasteiger charge is 1.99. The second-order valence-electron chi connectivity index (χ2n) is 6.71. The third-order valence-electron chi connectivity index (χ3n) is 4.53. The lowest BCUT2D eigenvalue weighted by atomic mass is 10.1. The quantitative estimate of drug-likeness (QED) is 0.286. The monoisotopic (exact) mass is 428 g/mol. The predicted octanol–water partition coefficient (Wildman–Crippen LogP) is 8.16. The third kappa shape index (κ3) is 5.44. The molecule has 0 spiro atoms. The molecule has 0 aliphatic heterocycles. The summed E-state index contributed by atoms with van der Waals surface area (Å²) in [7, 11) is 0. The second kappa shape index (κ2) is 9.53. The summed E-state index contributed by atoms with van der Waals surface area (Å²) >= 11 is 11.8. The van der Waals surface area contributed by atoms with E-state index in [0.29, 0.717) is 0 Å². The van der Waals surface area contributed by atoms with E-state index in [0.717, 1.165) is 43.7 Å². The predicted molar refractivity (Wildman–Crippen MR) is 129 cm³/mol. The topological polar surface area (TPSA) is 24.7 Å². The van der Waals surface area contributed by atoms with E-state index in [-0.39, 0.29) is 0 Å². The first kappa shape index (κ1) is 20.1. The van der Waals surface area contributed by atoms with Gasteiger partial charge in [0.15, 0.2) is 0 Å². The maximum atomic E-state index is 5.91. The largest absolute Gasteiger partial charge is 0.256 e. The summed E-state index contributed by atoms with van der Waals surface area (Å²) in [6.07, 6.45) is 3.66. The van der Waals surface area contributed by atoms with Crippen LogP contribution >= 0.6 is 23.2 Å². The Bertz CT molecular complexity index is 1060. The van der Waals surface area contributed by atoms with Crippen molar-refractivity contribution in [1.29, 1.82) is 0 Å². The minimum Gasteiger partial charge on any atom is -0.256 e. The van der Waals surface area contributed by atoms with Gasteiger partial charge in [0.2, 0.25) is 0 Å². The minimum absolute atomic E-state index is 0.721. The fraction of sp³-hybridized carbons (Fsp3) is 0. The number of halogens is 2. The molecule has 2 nitrogen and oxygen atoms in total. The normalized spacial score (nSPS) is 11.4. The van der Waals surface area contributed by atoms with E-state index in [1.807, 2.05) is 85.2 Å². The highest BCUT2D eigenvalue weighted by Crippen LogP contribution is 2.25. The Morgan fingerprint density at radius 2 is 0.767 bits per heavy atom. The van der Waals surface area contributed by atoms with E-state index in [1.165, 1.54) is 0 Å². The highest BCUT2D eigenvalue weighted by atomic mass is 35.5. The van der Waals surface area contributed by atoms with Gasteiger partial charge in [0.25, 0.3) is 0 Å². The minimum atomic E-state index is 0.721. The number of hydrogen-bond acceptors (Lipinski definition) is 2. The van der Waals surface area contributed by atoms with Gasteiger partial charge in [-0.25, -0.2) is 0 Å². The molecule has 0 aromatic heterocycles. The van der Waals surface area contributed by atoms with Gasteiger partial charge in [-0.15, -0.1) is 0 Å². The van der Waals surface area contributed by atoms with E-state index in [4.69, 9.17) is 23.2 Å². The first-order valence-electron chi connectivity index (χ1n) is 9.45. The van der Waals surface area contributed by atoms with Crippen molar-refractivity contribution in [1.82, 2.24) is 0 Å². The van der Waals surface area contributed by atoms with Crippen molar-refractivity contribution in [3.05, 3.63) is 118 Å². The Morgan fingerprint density at radius 3 is 1.10 bits per heavy atom. The maximum Gasteiger partial charge on any atom is 0.0630 e. The summed E-state index contributed by atoms with van der Waals surface area (Å²) in [6, 6.07) is 31.5. The van der Waals surface area contributed by atoms with Crippen LogP contribution in [0.25, 0.3) is 11.1 Å². The Labute approximate surface area is 186 Å². The molecule has 4 aromatic carbocycles. The smallest absolute Gasteiger partial charge is 0.0630 e. The third-order valence-corrected chi connectivity index (χ3v) is 5.04. The van der Waals surface area contributed by atoms with Crippen LogP contribution in [0.15, 0.2) is 107 Å². The number of benzene rings is 4. The molecule has 0 amide bonds. The van der Waals surface area contributed by atoms with Gasteiger partial charge in [0.1, 0.15) is 0 Å². The van der Waals surface area contributed by atoms with Crippen LogP contribution in [-0.4, -0.2) is 12.4 Å². The molecule has 0 aliphatic carbocycles. The first-order valence-corrected chi connectivity index (χ1v) is 10.2. The van der Waals surface area contributed by atoms with Crippen LogP contribution in [0.3, 0.4) is 0 Å². The van der Waals surface area contributed by atoms with Gasteiger partial charge >= 0.3 is 0 Å². The molecule has 146 valence electrons. The summed E-state index contributed by atoms with van der Waals surface area (Å²) in [5.41, 5.74) is 6.09. The zero-order valence-corrected chi connectivity index (χ0v) is 17.6. The average molecular weight is 429 g/mol. The Balaban J connectivity index is 1.42. The van der Waals surface area contributed by atoms with Crippen molar-refractivity contribution in [2.24, 2.45) is 9.98 Å². The molecule has 30 heavy (non-hydrogen) atoms. The molecule has 0 atom stereocenters. The summed E-state index contributed by atoms with van der Waals surface area (Å²) in [5, 5.41) is 1.44. The van der Waals surface area contributed by atoms with Gasteiger partial charge < -0.3 is 0 Å². The summed E-state index contributed by atoms with van der Waals surface area (Å²) in [4.78, 5) is 9.04. The fourth-order valence-electron chi connectivity index (χ4n) is 2.88. The number of rotatable bonds is 5. The van der Waals surface area contributed by atoms with Gasteiger partial charge in [0, 0.05) is 22.5 Å². The van der Waals surface area contributed by atoms with E-state index in [2.05, 4.69) is 34.3 Å². The van der Waals surface area contributed by atoms with Crippen LogP contribution in [-0.2, 0) is 0 Å². The van der Waals surface area contributed by atoms with Crippen molar-refractivity contribution >= 4 is 47.0 Å². The van der Waals surface area contributed by atoms with Crippen LogP contribution in [0, 0.1) is 0 Å². The lowest BCUT2D eigenvalue weighted by molar-refractivity contribution is 1.50. The fourth-order valence-corrected chi connectivity index (χ4v) is 3.13. The van der Waals surface area contributed by atoms with Crippen molar-refractivity contribution in [3.63, 3.8) is 0 Å². The van der Waals surface area contributed by atoms with Gasteiger partial charge in [-0.3, -0.25) is 9.98 Å².